The summed E-state index contributed by atoms with van der Waals surface area (Å²) in [6, 6.07) is 14.7. The van der Waals surface area contributed by atoms with Crippen LogP contribution in [0.3, 0.4) is 0 Å². The summed E-state index contributed by atoms with van der Waals surface area (Å²) in [5.41, 5.74) is 1.26. The van der Waals surface area contributed by atoms with E-state index >= 15 is 0 Å². The van der Waals surface area contributed by atoms with E-state index in [0.717, 1.165) is 4.90 Å². The predicted octanol–water partition coefficient (Wildman–Crippen LogP) is 3.91. The number of para-hydroxylation sites is 2. The van der Waals surface area contributed by atoms with Crippen LogP contribution in [0.1, 0.15) is 20.7 Å². The molecule has 2 N–H and O–H groups in total. The van der Waals surface area contributed by atoms with Crippen LogP contribution in [0.15, 0.2) is 65.4 Å². The van der Waals surface area contributed by atoms with Gasteiger partial charge in [0.15, 0.2) is 6.61 Å². The summed E-state index contributed by atoms with van der Waals surface area (Å²) in [6.45, 7) is -0.823. The molecule has 8 nitrogen and oxygen atoms in total. The van der Waals surface area contributed by atoms with Gasteiger partial charge in [0.25, 0.3) is 11.8 Å². The standard InChI is InChI=1S/C23H20ClN3O5S/c1-27(12-20(28)25-19-9-5-3-7-17(19)24)21(29)13-32-23(31)16-6-2-4-8-18(16)26-22(30)15-10-11-33-14-15/h2-11,14H,12-13H2,1H3,(H,25,28)(H,26,30). The fourth-order valence-corrected chi connectivity index (χ4v) is 3.55. The zero-order valence-electron chi connectivity index (χ0n) is 17.5. The molecule has 1 heterocycles. The molecule has 0 spiro atoms. The number of hydrogen-bond donors (Lipinski definition) is 2. The molecule has 0 bridgehead atoms. The first-order valence-corrected chi connectivity index (χ1v) is 11.0. The minimum Gasteiger partial charge on any atom is -0.452 e. The Morgan fingerprint density at radius 1 is 0.970 bits per heavy atom. The Hall–Kier alpha value is -3.69. The third-order valence-electron chi connectivity index (χ3n) is 4.46. The molecule has 3 aromatic rings. The molecular formula is C23H20ClN3O5S. The van der Waals surface area contributed by atoms with Crippen LogP contribution in [0, 0.1) is 0 Å². The maximum Gasteiger partial charge on any atom is 0.340 e. The third-order valence-corrected chi connectivity index (χ3v) is 5.47. The highest BCUT2D eigenvalue weighted by Crippen LogP contribution is 2.20. The number of nitrogens with one attached hydrogen (secondary N) is 2. The molecule has 0 aliphatic heterocycles. The third kappa shape index (κ3) is 6.64. The molecule has 3 rings (SSSR count). The van der Waals surface area contributed by atoms with Crippen LogP contribution >= 0.6 is 22.9 Å². The van der Waals surface area contributed by atoms with E-state index in [1.54, 1.807) is 59.3 Å². The second kappa shape index (κ2) is 11.3. The van der Waals surface area contributed by atoms with E-state index in [9.17, 15) is 19.2 Å². The summed E-state index contributed by atoms with van der Waals surface area (Å²) in [6.07, 6.45) is 0. The first-order chi connectivity index (χ1) is 15.8. The zero-order valence-corrected chi connectivity index (χ0v) is 19.1. The summed E-state index contributed by atoms with van der Waals surface area (Å²) in [5, 5.41) is 9.11. The van der Waals surface area contributed by atoms with Crippen molar-refractivity contribution in [3.8, 4) is 0 Å². The molecule has 170 valence electrons. The minimum absolute atomic E-state index is 0.105. The van der Waals surface area contributed by atoms with E-state index in [1.807, 2.05) is 0 Å². The number of benzene rings is 2. The normalized spacial score (nSPS) is 10.2. The number of amides is 3. The maximum absolute atomic E-state index is 12.5. The highest BCUT2D eigenvalue weighted by atomic mass is 35.5. The molecule has 0 radical (unpaired) electrons. The number of carbonyl (C=O) groups is 4. The first kappa shape index (κ1) is 24.0. The quantitative estimate of drug-likeness (QED) is 0.471. The van der Waals surface area contributed by atoms with Gasteiger partial charge in [0.05, 0.1) is 34.1 Å². The van der Waals surface area contributed by atoms with Gasteiger partial charge in [0, 0.05) is 12.4 Å². The summed E-state index contributed by atoms with van der Waals surface area (Å²) in [7, 11) is 1.41. The minimum atomic E-state index is -0.779. The van der Waals surface area contributed by atoms with E-state index < -0.39 is 24.4 Å². The molecule has 1 aromatic heterocycles. The van der Waals surface area contributed by atoms with Crippen LogP contribution < -0.4 is 10.6 Å². The fourth-order valence-electron chi connectivity index (χ4n) is 2.73. The summed E-state index contributed by atoms with van der Waals surface area (Å²) >= 11 is 7.38. The van der Waals surface area contributed by atoms with E-state index in [1.165, 1.54) is 24.5 Å². The monoisotopic (exact) mass is 485 g/mol. The average Bonchev–Trinajstić information content (AvgIpc) is 3.34. The Balaban J connectivity index is 1.54. The molecular weight excluding hydrogens is 466 g/mol. The number of likely N-dealkylation sites (N-methyl/N-ethyl adjacent to an activating group) is 1. The molecule has 0 aliphatic carbocycles. The van der Waals surface area contributed by atoms with Gasteiger partial charge in [-0.1, -0.05) is 35.9 Å². The Labute approximate surface area is 199 Å². The number of halogens is 1. The Bertz CT molecular complexity index is 1170. The largest absolute Gasteiger partial charge is 0.452 e. The molecule has 0 atom stereocenters. The van der Waals surface area contributed by atoms with Crippen LogP contribution in [-0.4, -0.2) is 48.8 Å². The van der Waals surface area contributed by atoms with Crippen LogP contribution in [-0.2, 0) is 14.3 Å². The maximum atomic E-state index is 12.5. The topological polar surface area (TPSA) is 105 Å². The molecule has 0 saturated heterocycles. The van der Waals surface area contributed by atoms with Gasteiger partial charge in [-0.15, -0.1) is 0 Å². The van der Waals surface area contributed by atoms with Gasteiger partial charge in [-0.2, -0.15) is 11.3 Å². The Morgan fingerprint density at radius 2 is 1.67 bits per heavy atom. The van der Waals surface area contributed by atoms with E-state index in [4.69, 9.17) is 16.3 Å². The molecule has 33 heavy (non-hydrogen) atoms. The lowest BCUT2D eigenvalue weighted by molar-refractivity contribution is -0.136. The van der Waals surface area contributed by atoms with E-state index in [2.05, 4.69) is 10.6 Å². The molecule has 3 amide bonds. The Morgan fingerprint density at radius 3 is 2.36 bits per heavy atom. The molecule has 0 fully saturated rings. The number of nitrogens with zero attached hydrogens (tertiary/aromatic N) is 1. The smallest absolute Gasteiger partial charge is 0.340 e. The van der Waals surface area contributed by atoms with E-state index in [-0.39, 0.29) is 23.7 Å². The van der Waals surface area contributed by atoms with E-state index in [0.29, 0.717) is 16.3 Å². The van der Waals surface area contributed by atoms with Crippen LogP contribution in [0.25, 0.3) is 0 Å². The van der Waals surface area contributed by atoms with Crippen molar-refractivity contribution in [3.05, 3.63) is 81.5 Å². The molecule has 0 saturated carbocycles. The number of thiophene rings is 1. The lowest BCUT2D eigenvalue weighted by Crippen LogP contribution is -2.37. The van der Waals surface area contributed by atoms with Gasteiger partial charge in [0.2, 0.25) is 5.91 Å². The predicted molar refractivity (Wildman–Crippen MR) is 127 cm³/mol. The van der Waals surface area contributed by atoms with Gasteiger partial charge in [-0.3, -0.25) is 14.4 Å². The van der Waals surface area contributed by atoms with Crippen molar-refractivity contribution in [2.75, 3.05) is 30.8 Å². The van der Waals surface area contributed by atoms with Crippen molar-refractivity contribution in [2.24, 2.45) is 0 Å². The second-order valence-electron chi connectivity index (χ2n) is 6.87. The van der Waals surface area contributed by atoms with Crippen molar-refractivity contribution in [3.63, 3.8) is 0 Å². The van der Waals surface area contributed by atoms with Gasteiger partial charge in [-0.25, -0.2) is 4.79 Å². The summed E-state index contributed by atoms with van der Waals surface area (Å²) < 4.78 is 5.11. The van der Waals surface area contributed by atoms with Gasteiger partial charge in [-0.05, 0) is 35.7 Å². The molecule has 10 heteroatoms. The molecule has 0 unspecified atom stereocenters. The number of rotatable bonds is 8. The SMILES string of the molecule is CN(CC(=O)Nc1ccccc1Cl)C(=O)COC(=O)c1ccccc1NC(=O)c1ccsc1. The summed E-state index contributed by atoms with van der Waals surface area (Å²) in [5.74, 6) is -2.17. The van der Waals surface area contributed by atoms with Gasteiger partial charge >= 0.3 is 5.97 Å². The molecule has 0 aliphatic rings. The second-order valence-corrected chi connectivity index (χ2v) is 8.05. The van der Waals surface area contributed by atoms with Crippen molar-refractivity contribution in [1.82, 2.24) is 4.90 Å². The Kier molecular flexibility index (Phi) is 8.17. The highest BCUT2D eigenvalue weighted by Gasteiger charge is 2.19. The lowest BCUT2D eigenvalue weighted by Gasteiger charge is -2.17. The number of ether oxygens (including phenoxy) is 1. The zero-order chi connectivity index (χ0) is 23.8. The van der Waals surface area contributed by atoms with Gasteiger partial charge in [0.1, 0.15) is 0 Å². The van der Waals surface area contributed by atoms with Gasteiger partial charge < -0.3 is 20.3 Å². The average molecular weight is 486 g/mol. The fraction of sp³-hybridized carbons (Fsp3) is 0.130. The number of carbonyl (C=O) groups excluding carboxylic acids is 4. The van der Waals surface area contributed by atoms with Crippen molar-refractivity contribution in [1.29, 1.82) is 0 Å². The lowest BCUT2D eigenvalue weighted by atomic mass is 10.1. The van der Waals surface area contributed by atoms with Crippen molar-refractivity contribution in [2.45, 2.75) is 0 Å². The number of esters is 1. The first-order valence-electron chi connectivity index (χ1n) is 9.73. The van der Waals surface area contributed by atoms with Crippen molar-refractivity contribution < 1.29 is 23.9 Å². The number of hydrogen-bond acceptors (Lipinski definition) is 6. The van der Waals surface area contributed by atoms with Crippen molar-refractivity contribution >= 4 is 58.0 Å². The number of anilines is 2. The van der Waals surface area contributed by atoms with Crippen LogP contribution in [0.4, 0.5) is 11.4 Å². The molecule has 2 aromatic carbocycles. The van der Waals surface area contributed by atoms with Crippen LogP contribution in [0.5, 0.6) is 0 Å². The van der Waals surface area contributed by atoms with Crippen LogP contribution in [0.2, 0.25) is 5.02 Å². The highest BCUT2D eigenvalue weighted by molar-refractivity contribution is 7.08. The summed E-state index contributed by atoms with van der Waals surface area (Å²) in [4.78, 5) is 50.4.